The molecule has 0 unspecified atom stereocenters. The molecule has 0 aliphatic carbocycles. The number of halogens is 13. The van der Waals surface area contributed by atoms with Crippen molar-refractivity contribution in [3.63, 3.8) is 0 Å². The maximum Gasteiger partial charge on any atom is 1.00 e. The quantitative estimate of drug-likeness (QED) is 0.0119. The molecular weight excluding hydrogens is 1810 g/mol. The molecule has 0 atom stereocenters. The fourth-order valence-electron chi connectivity index (χ4n) is 0. The molecule has 0 heterocycles. The van der Waals surface area contributed by atoms with Gasteiger partial charge in [-0.05, 0) is 137 Å². The Balaban J connectivity index is -0.0000000147. The predicted molar refractivity (Wildman–Crippen MR) is 529 cm³/mol. The average Bonchev–Trinajstić information content (AvgIpc) is 1.10. The van der Waals surface area contributed by atoms with Gasteiger partial charge in [0.15, 0.2) is 10.9 Å². The van der Waals surface area contributed by atoms with Crippen LogP contribution in [0.1, 0.15) is 346 Å². The summed E-state index contributed by atoms with van der Waals surface area (Å²) in [6.45, 7) is 88.9. The molecule has 0 amide bonds. The molecule has 39 heteroatoms. The first-order chi connectivity index (χ1) is 54.8. The molecule has 0 spiro atoms. The molecule has 0 saturated heterocycles. The fourth-order valence-corrected chi connectivity index (χ4v) is 0. The van der Waals surface area contributed by atoms with Gasteiger partial charge in [0.2, 0.25) is 0 Å². The standard InChI is InChI=1S/C5H8O.C4H6F2.C4H10.2C4H8.C4H6.C3H3F3.C3H6F2O.C3H6O2.C3H6OS.C3H8O.C3H8.C3H4.C2H5Br.C2F4.C2H4O2.C2H6O.2C2H4O.11C2H6.2CH5BO2.2CH4O.B.BrH.2Na.H2O2.H2O.H/c1-4-5(2,3)6;1-3(5)4(2)6;4*1-3-4-2;1-2(4)3(5)6;1-3(4,5)6-2;1-3(4)5-2;1-3(5)4-2;1-3-4-2;2*1-3-2;1-2-3;3-1(4)2(5)6;1-2(3)4;3*1-2-3;11*1-2;2*1-2(3)4;2*1-2;;;;;1-2;;/h1,6H,2-3H3;1-2H3;3-4H2,1-2H3;2*3-4H,1-2H3;1-2H3;1H3;1-2H3;2*1-2H3;3H2,1-2H3;3H2,1-2H3;1H,2H3;2H2,1H3;;1H3,(H,3,4);3H,2H2,1H3;2*2H,1H3;11*1-2H3;2*3-4H,1H3;2*2H,1H3;;1H;;;1-2H;1H2;/q;;;;;;;;;;;;;;;;;;;;;;;;;;;;;;;;;;;;2*+1;;;-1/p-1/b;4-3+;;;;;;;;;;;;;;;;;;;;;;;;;;;;;;;;;;;;;;;. The third-order valence-corrected chi connectivity index (χ3v) is 4.04. The minimum absolute atomic E-state index is 0. The molecule has 3 radical (unpaired) electrons. The van der Waals surface area contributed by atoms with Crippen molar-refractivity contribution < 1.29 is 209 Å². The van der Waals surface area contributed by atoms with Crippen LogP contribution in [-0.2, 0) is 38.1 Å². The van der Waals surface area contributed by atoms with Gasteiger partial charge in [-0.2, -0.15) is 35.1 Å². The average molecular weight is 2010 g/mol. The second kappa shape index (κ2) is 430. The van der Waals surface area contributed by atoms with E-state index < -0.39 is 67.6 Å². The number of aliphatic hydroxyl groups is 4. The number of carbonyl (C=O) groups is 4. The van der Waals surface area contributed by atoms with Crippen LogP contribution in [0, 0.1) is 36.5 Å². The second-order valence-electron chi connectivity index (χ2n) is 13.7. The Kier molecular flexibility index (Phi) is 928. The van der Waals surface area contributed by atoms with Gasteiger partial charge < -0.3 is 81.1 Å². The number of aliphatic carboxylic acids is 1. The molecule has 0 aliphatic heterocycles. The van der Waals surface area contributed by atoms with Gasteiger partial charge in [-0.15, -0.1) is 47.6 Å². The van der Waals surface area contributed by atoms with Crippen molar-refractivity contribution in [2.75, 3.05) is 61.2 Å². The van der Waals surface area contributed by atoms with Crippen LogP contribution < -0.4 is 59.1 Å². The van der Waals surface area contributed by atoms with Crippen LogP contribution in [0.2, 0.25) is 13.6 Å². The Bertz CT molecular complexity index is 1500. The Morgan fingerprint density at radius 1 is 0.496 bits per heavy atom. The van der Waals surface area contributed by atoms with E-state index in [0.717, 1.165) is 66.6 Å². The normalized spacial score (nSPS) is 6.37. The number of ether oxygens (including phenoxy) is 4. The number of allylic oxidation sites excluding steroid dienone is 7. The zero-order valence-electron chi connectivity index (χ0n) is 90.1. The molecular formula is C84H199B3Br2F11Na2O20S. The number of unbranched alkanes of at least 4 members (excludes halogenated alkanes) is 1. The number of alkyl halides is 3. The minimum Gasteiger partial charge on any atom is -1.00 e. The molecule has 20 nitrogen and oxygen atoms in total. The number of hydrogen-bond donors (Lipinski definition) is 11. The van der Waals surface area contributed by atoms with E-state index in [-0.39, 0.29) is 104 Å². The largest absolute Gasteiger partial charge is 1.00 e. The van der Waals surface area contributed by atoms with E-state index in [1.54, 1.807) is 48.8 Å². The number of hydrogen-bond acceptors (Lipinski definition) is 20. The number of rotatable bonds is 3. The maximum absolute atomic E-state index is 11.3. The molecule has 0 aromatic rings. The van der Waals surface area contributed by atoms with E-state index in [0.29, 0.717) is 18.9 Å². The van der Waals surface area contributed by atoms with Crippen molar-refractivity contribution in [1.82, 2.24) is 0 Å². The van der Waals surface area contributed by atoms with Gasteiger partial charge in [-0.3, -0.25) is 20.1 Å². The van der Waals surface area contributed by atoms with Gasteiger partial charge >= 0.3 is 104 Å². The molecule has 0 fully saturated rings. The van der Waals surface area contributed by atoms with Crippen LogP contribution in [0.5, 0.6) is 0 Å². The Morgan fingerprint density at radius 3 is 0.585 bits per heavy atom. The van der Waals surface area contributed by atoms with Crippen molar-refractivity contribution in [2.24, 2.45) is 0 Å². The minimum atomic E-state index is -2.96. The number of thiocarbonyl (C=S) groups is 1. The van der Waals surface area contributed by atoms with E-state index in [9.17, 15) is 53.1 Å². The summed E-state index contributed by atoms with van der Waals surface area (Å²) in [6.07, 6.45) is 11.8. The van der Waals surface area contributed by atoms with Crippen molar-refractivity contribution in [2.45, 2.75) is 370 Å². The van der Waals surface area contributed by atoms with Crippen molar-refractivity contribution in [3.05, 3.63) is 60.0 Å². The number of terminal acetylenes is 2. The van der Waals surface area contributed by atoms with Crippen molar-refractivity contribution in [1.29, 1.82) is 0 Å². The summed E-state index contributed by atoms with van der Waals surface area (Å²) < 4.78 is 135. The zero-order chi connectivity index (χ0) is 106. The van der Waals surface area contributed by atoms with E-state index in [1.807, 2.05) is 232 Å². The van der Waals surface area contributed by atoms with Crippen molar-refractivity contribution >= 4 is 97.3 Å². The first-order valence-corrected chi connectivity index (χ1v) is 39.9. The number of esters is 1. The summed E-state index contributed by atoms with van der Waals surface area (Å²) in [6, 6.07) is 0. The monoisotopic (exact) mass is 2010 g/mol. The molecule has 0 saturated carbocycles. The van der Waals surface area contributed by atoms with E-state index >= 15 is 0 Å². The number of aldehydes is 2. The first kappa shape index (κ1) is 266. The number of carboxylic acids is 1. The number of methoxy groups -OCH3 is 4. The van der Waals surface area contributed by atoms with Crippen LogP contribution in [0.25, 0.3) is 0 Å². The van der Waals surface area contributed by atoms with E-state index in [2.05, 4.69) is 105 Å². The Labute approximate surface area is 827 Å². The van der Waals surface area contributed by atoms with Crippen LogP contribution in [0.4, 0.5) is 48.3 Å². The van der Waals surface area contributed by atoms with Gasteiger partial charge in [0.1, 0.15) is 29.8 Å². The van der Waals surface area contributed by atoms with Crippen molar-refractivity contribution in [3.8, 4) is 36.5 Å². The summed E-state index contributed by atoms with van der Waals surface area (Å²) >= 11 is 7.62. The number of aliphatic hydroxyl groups excluding tert-OH is 3. The molecule has 12 N–H and O–H groups in total. The number of carboxylic acid groups (broad SMARTS) is 1. The number of carbonyl (C=O) groups excluding carboxylic acids is 3. The topological polar surface area (TPSA) is 358 Å². The molecule has 123 heavy (non-hydrogen) atoms. The van der Waals surface area contributed by atoms with Crippen LogP contribution in [0.3, 0.4) is 0 Å². The smallest absolute Gasteiger partial charge is 1.00 e. The van der Waals surface area contributed by atoms with Crippen LogP contribution >= 0.6 is 45.1 Å². The van der Waals surface area contributed by atoms with Gasteiger partial charge in [0.05, 0.1) is 14.2 Å². The van der Waals surface area contributed by atoms with Gasteiger partial charge in [-0.25, -0.2) is 13.2 Å². The summed E-state index contributed by atoms with van der Waals surface area (Å²) in [5.74, 6) is 5.80. The summed E-state index contributed by atoms with van der Waals surface area (Å²) in [7, 11) is 5.21. The van der Waals surface area contributed by atoms with E-state index in [1.165, 1.54) is 60.8 Å². The maximum atomic E-state index is 11.3. The van der Waals surface area contributed by atoms with Crippen LogP contribution in [0.15, 0.2) is 60.0 Å². The SMILES string of the molecule is Br.C#CC.C#CC(C)(C)O.C/C(F)=C(/C)F.CB(O)O.CB(O)O.CC.CC.CC.CC.CC.CC.CC.CC.CC.CC.CC.CC#CC.CC(=O)O.CC(F)=C(F)F.CC=CC.CC=CC.CC=O.CC=O.CCBr.CCC.CCCC.CCO.CCOC.CO.CO.COC(C)(F)F.COC(C)=O.COC(C)=S.FC(F)=C(F)F.OO.[B].[H-].[Na+].[Na+].[OH-]. The third kappa shape index (κ3) is 2760. The Morgan fingerprint density at radius 2 is 0.585 bits per heavy atom. The summed E-state index contributed by atoms with van der Waals surface area (Å²) in [4.78, 5) is 36.2. The molecule has 0 aliphatic rings. The van der Waals surface area contributed by atoms with Gasteiger partial charge in [-0.1, -0.05) is 252 Å². The molecule has 0 aromatic carbocycles. The zero-order valence-corrected chi connectivity index (χ0v) is 97.2. The van der Waals surface area contributed by atoms with E-state index in [4.69, 9.17) is 77.0 Å². The predicted octanol–water partition coefficient (Wildman–Crippen LogP) is 22.5. The molecule has 0 aromatic heterocycles. The van der Waals surface area contributed by atoms with Gasteiger partial charge in [0, 0.05) is 83.1 Å². The first-order valence-electron chi connectivity index (χ1n) is 38.4. The molecule has 0 rings (SSSR count). The second-order valence-corrected chi connectivity index (χ2v) is 15.4. The fraction of sp³-hybridized carbons (Fsp3) is 0.750. The molecule has 0 bridgehead atoms. The summed E-state index contributed by atoms with van der Waals surface area (Å²) in [5, 5.41) is 81.7. The third-order valence-electron chi connectivity index (χ3n) is 3.87. The Hall–Kier alpha value is -2.59. The summed E-state index contributed by atoms with van der Waals surface area (Å²) in [5.41, 5.74) is -0.931. The van der Waals surface area contributed by atoms with Crippen LogP contribution in [-0.4, -0.2) is 187 Å². The molecule has 763 valence electrons. The van der Waals surface area contributed by atoms with Gasteiger partial charge in [0.25, 0.3) is 5.97 Å².